The second-order valence-electron chi connectivity index (χ2n) is 3.16. The third-order valence-electron chi connectivity index (χ3n) is 1.91. The van der Waals surface area contributed by atoms with Gasteiger partial charge in [-0.3, -0.25) is 0 Å². The summed E-state index contributed by atoms with van der Waals surface area (Å²) in [6.45, 7) is 3.68. The van der Waals surface area contributed by atoms with Gasteiger partial charge in [0.2, 0.25) is 10.0 Å². The monoisotopic (exact) mass is 244 g/mol. The lowest BCUT2D eigenvalue weighted by Gasteiger charge is -2.08. The van der Waals surface area contributed by atoms with Crippen LogP contribution in [0.4, 0.5) is 10.1 Å². The summed E-state index contributed by atoms with van der Waals surface area (Å²) >= 11 is 0. The van der Waals surface area contributed by atoms with Crippen molar-refractivity contribution in [2.75, 3.05) is 12.3 Å². The van der Waals surface area contributed by atoms with Crippen molar-refractivity contribution in [1.29, 1.82) is 0 Å². The molecule has 3 N–H and O–H groups in total. The van der Waals surface area contributed by atoms with E-state index in [9.17, 15) is 12.8 Å². The molecule has 0 bridgehead atoms. The summed E-state index contributed by atoms with van der Waals surface area (Å²) in [5, 5.41) is 0. The summed E-state index contributed by atoms with van der Waals surface area (Å²) in [4.78, 5) is -0.239. The Labute approximate surface area is 94.0 Å². The van der Waals surface area contributed by atoms with E-state index >= 15 is 0 Å². The molecule has 0 aromatic heterocycles. The van der Waals surface area contributed by atoms with E-state index < -0.39 is 15.8 Å². The van der Waals surface area contributed by atoms with Gasteiger partial charge in [0.05, 0.1) is 5.69 Å². The minimum Gasteiger partial charge on any atom is -0.398 e. The highest BCUT2D eigenvalue weighted by Gasteiger charge is 2.17. The van der Waals surface area contributed by atoms with Crippen molar-refractivity contribution in [3.8, 4) is 0 Å². The molecule has 0 saturated heterocycles. The molecule has 0 aliphatic carbocycles. The molecule has 16 heavy (non-hydrogen) atoms. The Kier molecular flexibility index (Phi) is 4.03. The van der Waals surface area contributed by atoms with Crippen LogP contribution in [0.15, 0.2) is 35.7 Å². The van der Waals surface area contributed by atoms with Crippen LogP contribution in [0.25, 0.3) is 0 Å². The molecule has 0 heterocycles. The number of halogens is 1. The summed E-state index contributed by atoms with van der Waals surface area (Å²) in [7, 11) is -3.75. The van der Waals surface area contributed by atoms with E-state index in [1.165, 1.54) is 6.07 Å². The average molecular weight is 244 g/mol. The molecule has 0 atom stereocenters. The van der Waals surface area contributed by atoms with Crippen molar-refractivity contribution < 1.29 is 12.8 Å². The fraction of sp³-hybridized carbons (Fsp3) is 0.200. The quantitative estimate of drug-likeness (QED) is 0.465. The van der Waals surface area contributed by atoms with E-state index in [-0.39, 0.29) is 17.1 Å². The Morgan fingerprint density at radius 2 is 2.19 bits per heavy atom. The van der Waals surface area contributed by atoms with Crippen LogP contribution in [0.2, 0.25) is 0 Å². The smallest absolute Gasteiger partial charge is 0.242 e. The Morgan fingerprint density at radius 1 is 1.50 bits per heavy atom. The Bertz CT molecular complexity index is 486. The second kappa shape index (κ2) is 5.09. The molecule has 0 aliphatic rings. The van der Waals surface area contributed by atoms with Gasteiger partial charge in [-0.25, -0.2) is 17.5 Å². The summed E-state index contributed by atoms with van der Waals surface area (Å²) in [6.07, 6.45) is 2.08. The van der Waals surface area contributed by atoms with Crippen molar-refractivity contribution in [1.82, 2.24) is 4.72 Å². The predicted molar refractivity (Wildman–Crippen MR) is 60.8 cm³/mol. The first-order chi connectivity index (χ1) is 7.47. The molecule has 0 radical (unpaired) electrons. The lowest BCUT2D eigenvalue weighted by Crippen LogP contribution is -2.25. The van der Waals surface area contributed by atoms with Gasteiger partial charge in [0, 0.05) is 6.54 Å². The number of hydrogen-bond acceptors (Lipinski definition) is 3. The summed E-state index contributed by atoms with van der Waals surface area (Å²) < 4.78 is 38.6. The summed E-state index contributed by atoms with van der Waals surface area (Å²) in [5.74, 6) is -0.640. The summed E-state index contributed by atoms with van der Waals surface area (Å²) in [5.41, 5.74) is 5.49. The lowest BCUT2D eigenvalue weighted by molar-refractivity contribution is 0.578. The topological polar surface area (TPSA) is 72.2 Å². The van der Waals surface area contributed by atoms with Gasteiger partial charge >= 0.3 is 0 Å². The van der Waals surface area contributed by atoms with Gasteiger partial charge in [0.25, 0.3) is 0 Å². The van der Waals surface area contributed by atoms with Crippen molar-refractivity contribution in [3.05, 3.63) is 36.7 Å². The zero-order valence-corrected chi connectivity index (χ0v) is 9.43. The SMILES string of the molecule is C=CCCNS(=O)(=O)c1cc(F)ccc1N. The highest BCUT2D eigenvalue weighted by atomic mass is 32.2. The maximum absolute atomic E-state index is 12.9. The Hall–Kier alpha value is -1.40. The largest absolute Gasteiger partial charge is 0.398 e. The Morgan fingerprint density at radius 3 is 2.81 bits per heavy atom. The molecular weight excluding hydrogens is 231 g/mol. The van der Waals surface area contributed by atoms with Crippen LogP contribution in [0.3, 0.4) is 0 Å². The van der Waals surface area contributed by atoms with E-state index in [2.05, 4.69) is 11.3 Å². The first-order valence-electron chi connectivity index (χ1n) is 4.63. The van der Waals surface area contributed by atoms with Crippen LogP contribution in [-0.2, 0) is 10.0 Å². The number of nitrogen functional groups attached to an aromatic ring is 1. The van der Waals surface area contributed by atoms with E-state index in [1.807, 2.05) is 0 Å². The molecule has 1 aromatic rings. The molecule has 0 fully saturated rings. The van der Waals surface area contributed by atoms with Gasteiger partial charge < -0.3 is 5.73 Å². The lowest BCUT2D eigenvalue weighted by atomic mass is 10.3. The standard InChI is InChI=1S/C10H13FN2O2S/c1-2-3-6-13-16(14,15)10-7-8(11)4-5-9(10)12/h2,4-5,7,13H,1,3,6,12H2. The van der Waals surface area contributed by atoms with E-state index in [4.69, 9.17) is 5.73 Å². The number of rotatable bonds is 5. The van der Waals surface area contributed by atoms with Gasteiger partial charge in [-0.1, -0.05) is 6.08 Å². The van der Waals surface area contributed by atoms with Crippen LogP contribution in [-0.4, -0.2) is 15.0 Å². The zero-order chi connectivity index (χ0) is 12.2. The number of nitrogens with one attached hydrogen (secondary N) is 1. The molecule has 1 rings (SSSR count). The average Bonchev–Trinajstić information content (AvgIpc) is 2.22. The van der Waals surface area contributed by atoms with Crippen molar-refractivity contribution in [2.24, 2.45) is 0 Å². The molecule has 4 nitrogen and oxygen atoms in total. The van der Waals surface area contributed by atoms with Crippen molar-refractivity contribution in [3.63, 3.8) is 0 Å². The maximum atomic E-state index is 12.9. The fourth-order valence-corrected chi connectivity index (χ4v) is 2.30. The first-order valence-corrected chi connectivity index (χ1v) is 6.11. The van der Waals surface area contributed by atoms with E-state index in [1.54, 1.807) is 6.08 Å². The molecule has 0 unspecified atom stereocenters. The number of nitrogens with two attached hydrogens (primary N) is 1. The minimum atomic E-state index is -3.75. The minimum absolute atomic E-state index is 0.0208. The highest BCUT2D eigenvalue weighted by Crippen LogP contribution is 2.18. The highest BCUT2D eigenvalue weighted by molar-refractivity contribution is 7.89. The fourth-order valence-electron chi connectivity index (χ4n) is 1.11. The maximum Gasteiger partial charge on any atom is 0.242 e. The van der Waals surface area contributed by atoms with Crippen LogP contribution >= 0.6 is 0 Å². The van der Waals surface area contributed by atoms with Crippen LogP contribution in [0.5, 0.6) is 0 Å². The molecule has 0 saturated carbocycles. The molecule has 0 amide bonds. The first kappa shape index (κ1) is 12.7. The number of sulfonamides is 1. The van der Waals surface area contributed by atoms with Gasteiger partial charge in [-0.2, -0.15) is 0 Å². The third kappa shape index (κ3) is 3.04. The number of benzene rings is 1. The molecular formula is C10H13FN2O2S. The van der Waals surface area contributed by atoms with Crippen LogP contribution in [0.1, 0.15) is 6.42 Å². The molecule has 0 spiro atoms. The Balaban J connectivity index is 2.97. The number of anilines is 1. The van der Waals surface area contributed by atoms with E-state index in [0.29, 0.717) is 6.42 Å². The van der Waals surface area contributed by atoms with Crippen LogP contribution in [0, 0.1) is 5.82 Å². The zero-order valence-electron chi connectivity index (χ0n) is 8.61. The molecule has 6 heteroatoms. The van der Waals surface area contributed by atoms with Crippen molar-refractivity contribution >= 4 is 15.7 Å². The van der Waals surface area contributed by atoms with Gasteiger partial charge in [0.15, 0.2) is 0 Å². The molecule has 1 aromatic carbocycles. The van der Waals surface area contributed by atoms with Gasteiger partial charge in [0.1, 0.15) is 10.7 Å². The van der Waals surface area contributed by atoms with E-state index in [0.717, 1.165) is 12.1 Å². The molecule has 0 aliphatic heterocycles. The third-order valence-corrected chi connectivity index (χ3v) is 3.42. The van der Waals surface area contributed by atoms with Crippen LogP contribution < -0.4 is 10.5 Å². The van der Waals surface area contributed by atoms with Gasteiger partial charge in [-0.15, -0.1) is 6.58 Å². The normalized spacial score (nSPS) is 11.3. The van der Waals surface area contributed by atoms with Gasteiger partial charge in [-0.05, 0) is 24.6 Å². The molecule has 88 valence electrons. The summed E-state index contributed by atoms with van der Waals surface area (Å²) in [6, 6.07) is 3.22. The van der Waals surface area contributed by atoms with Crippen molar-refractivity contribution in [2.45, 2.75) is 11.3 Å². The second-order valence-corrected chi connectivity index (χ2v) is 4.89. The number of hydrogen-bond donors (Lipinski definition) is 2. The predicted octanol–water partition coefficient (Wildman–Crippen LogP) is 1.26.